The average Bonchev–Trinajstić information content (AvgIpc) is 3.23. The predicted octanol–water partition coefficient (Wildman–Crippen LogP) is 5.59. The number of esters is 1. The minimum Gasteiger partial charge on any atom is -0.462 e. The zero-order valence-corrected chi connectivity index (χ0v) is 18.5. The Morgan fingerprint density at radius 2 is 1.72 bits per heavy atom. The molecular weight excluding hydrogens is 404 g/mol. The number of anilines is 1. The van der Waals surface area contributed by atoms with E-state index in [1.165, 1.54) is 6.08 Å². The van der Waals surface area contributed by atoms with Crippen LogP contribution in [0.15, 0.2) is 58.5 Å². The molecule has 1 heterocycles. The van der Waals surface area contributed by atoms with E-state index in [2.05, 4.69) is 5.32 Å². The van der Waals surface area contributed by atoms with E-state index in [-0.39, 0.29) is 11.5 Å². The summed E-state index contributed by atoms with van der Waals surface area (Å²) < 4.78 is 10.8. The number of amides is 1. The van der Waals surface area contributed by atoms with E-state index in [0.717, 1.165) is 22.3 Å². The Bertz CT molecular complexity index is 1200. The molecule has 1 N–H and O–H groups in total. The molecule has 6 heteroatoms. The second-order valence-corrected chi connectivity index (χ2v) is 7.40. The molecule has 0 bridgehead atoms. The van der Waals surface area contributed by atoms with Gasteiger partial charge in [-0.3, -0.25) is 4.79 Å². The van der Waals surface area contributed by atoms with E-state index in [4.69, 9.17) is 9.15 Å². The van der Waals surface area contributed by atoms with Crippen LogP contribution in [0.4, 0.5) is 5.69 Å². The molecule has 1 aromatic heterocycles. The number of carbonyl (C=O) groups excluding carboxylic acids is 2. The molecular formula is C26H24N2O4. The summed E-state index contributed by atoms with van der Waals surface area (Å²) in [7, 11) is 0. The lowest BCUT2D eigenvalue weighted by molar-refractivity contribution is -0.112. The number of nitriles is 1. The normalized spacial score (nSPS) is 11.0. The zero-order chi connectivity index (χ0) is 23.3. The molecule has 0 aliphatic rings. The fourth-order valence-electron chi connectivity index (χ4n) is 3.42. The summed E-state index contributed by atoms with van der Waals surface area (Å²) in [5, 5.41) is 12.3. The van der Waals surface area contributed by atoms with Gasteiger partial charge in [-0.1, -0.05) is 29.8 Å². The topological polar surface area (TPSA) is 92.3 Å². The van der Waals surface area contributed by atoms with Gasteiger partial charge in [0.25, 0.3) is 5.91 Å². The van der Waals surface area contributed by atoms with Gasteiger partial charge in [-0.15, -0.1) is 0 Å². The summed E-state index contributed by atoms with van der Waals surface area (Å²) in [6, 6.07) is 16.1. The molecule has 0 radical (unpaired) electrons. The van der Waals surface area contributed by atoms with Crippen molar-refractivity contribution in [1.82, 2.24) is 0 Å². The molecule has 0 aliphatic heterocycles. The van der Waals surface area contributed by atoms with Crippen molar-refractivity contribution in [2.75, 3.05) is 11.9 Å². The number of nitrogens with zero attached hydrogens (tertiary/aromatic N) is 1. The first kappa shape index (κ1) is 22.6. The first-order valence-corrected chi connectivity index (χ1v) is 10.2. The Hall–Kier alpha value is -4.11. The molecule has 0 atom stereocenters. The van der Waals surface area contributed by atoms with Gasteiger partial charge in [0.15, 0.2) is 0 Å². The summed E-state index contributed by atoms with van der Waals surface area (Å²) in [4.78, 5) is 24.5. The van der Waals surface area contributed by atoms with Crippen molar-refractivity contribution >= 4 is 23.6 Å². The van der Waals surface area contributed by atoms with Crippen LogP contribution in [-0.2, 0) is 9.53 Å². The summed E-state index contributed by atoms with van der Waals surface area (Å²) in [6.07, 6.45) is 1.41. The van der Waals surface area contributed by atoms with Crippen molar-refractivity contribution in [1.29, 1.82) is 5.26 Å². The maximum atomic E-state index is 12.7. The molecule has 0 spiro atoms. The van der Waals surface area contributed by atoms with Gasteiger partial charge in [0.1, 0.15) is 23.2 Å². The van der Waals surface area contributed by atoms with Crippen LogP contribution in [0.5, 0.6) is 0 Å². The number of hydrogen-bond donors (Lipinski definition) is 1. The van der Waals surface area contributed by atoms with Crippen LogP contribution in [0.25, 0.3) is 17.4 Å². The number of aryl methyl sites for hydroxylation is 3. The first-order chi connectivity index (χ1) is 15.3. The van der Waals surface area contributed by atoms with Crippen molar-refractivity contribution in [3.63, 3.8) is 0 Å². The standard InChI is InChI=1S/C26H24N2O4/c1-5-31-26(30)20-8-6-19(7-9-20)23-11-10-22(32-23)14-21(15-27)25(29)28-24-17(3)12-16(2)13-18(24)4/h6-14H,5H2,1-4H3,(H,28,29). The molecule has 0 aliphatic carbocycles. The smallest absolute Gasteiger partial charge is 0.338 e. The summed E-state index contributed by atoms with van der Waals surface area (Å²) in [5.74, 6) is 0.0400. The molecule has 0 saturated carbocycles. The number of benzene rings is 2. The Morgan fingerprint density at radius 1 is 1.06 bits per heavy atom. The van der Waals surface area contributed by atoms with E-state index in [0.29, 0.717) is 29.4 Å². The lowest BCUT2D eigenvalue weighted by Crippen LogP contribution is -2.15. The van der Waals surface area contributed by atoms with E-state index in [1.54, 1.807) is 43.3 Å². The van der Waals surface area contributed by atoms with Crippen LogP contribution < -0.4 is 5.32 Å². The molecule has 32 heavy (non-hydrogen) atoms. The maximum absolute atomic E-state index is 12.7. The Balaban J connectivity index is 1.79. The molecule has 3 aromatic rings. The SMILES string of the molecule is CCOC(=O)c1ccc(-c2ccc(C=C(C#N)C(=O)Nc3c(C)cc(C)cc3C)o2)cc1. The highest BCUT2D eigenvalue weighted by molar-refractivity contribution is 6.10. The van der Waals surface area contributed by atoms with Crippen LogP contribution in [0.2, 0.25) is 0 Å². The highest BCUT2D eigenvalue weighted by atomic mass is 16.5. The number of ether oxygens (including phenoxy) is 1. The maximum Gasteiger partial charge on any atom is 0.338 e. The molecule has 0 unspecified atom stereocenters. The quantitative estimate of drug-likeness (QED) is 0.314. The number of furan rings is 1. The predicted molar refractivity (Wildman–Crippen MR) is 123 cm³/mol. The highest BCUT2D eigenvalue weighted by Crippen LogP contribution is 2.25. The van der Waals surface area contributed by atoms with Crippen LogP contribution >= 0.6 is 0 Å². The second-order valence-electron chi connectivity index (χ2n) is 7.40. The molecule has 3 rings (SSSR count). The Labute approximate surface area is 187 Å². The Kier molecular flexibility index (Phi) is 6.91. The molecule has 1 amide bonds. The minimum atomic E-state index is -0.501. The molecule has 0 saturated heterocycles. The van der Waals surface area contributed by atoms with Gasteiger partial charge < -0.3 is 14.5 Å². The van der Waals surface area contributed by atoms with Gasteiger partial charge in [0, 0.05) is 17.3 Å². The van der Waals surface area contributed by atoms with Crippen molar-refractivity contribution in [3.05, 3.63) is 82.1 Å². The van der Waals surface area contributed by atoms with E-state index in [9.17, 15) is 14.9 Å². The third kappa shape index (κ3) is 5.13. The Morgan fingerprint density at radius 3 is 2.31 bits per heavy atom. The summed E-state index contributed by atoms with van der Waals surface area (Å²) in [6.45, 7) is 7.88. The van der Waals surface area contributed by atoms with Crippen LogP contribution in [-0.4, -0.2) is 18.5 Å². The van der Waals surface area contributed by atoms with Crippen LogP contribution in [0.3, 0.4) is 0 Å². The lowest BCUT2D eigenvalue weighted by Gasteiger charge is -2.12. The number of nitrogens with one attached hydrogen (secondary N) is 1. The fourth-order valence-corrected chi connectivity index (χ4v) is 3.42. The number of hydrogen-bond acceptors (Lipinski definition) is 5. The summed E-state index contributed by atoms with van der Waals surface area (Å²) >= 11 is 0. The van der Waals surface area contributed by atoms with Crippen molar-refractivity contribution < 1.29 is 18.7 Å². The van der Waals surface area contributed by atoms with Gasteiger partial charge in [-0.25, -0.2) is 4.79 Å². The number of carbonyl (C=O) groups is 2. The first-order valence-electron chi connectivity index (χ1n) is 10.2. The third-order valence-corrected chi connectivity index (χ3v) is 4.87. The van der Waals surface area contributed by atoms with E-state index in [1.807, 2.05) is 39.0 Å². The van der Waals surface area contributed by atoms with Gasteiger partial charge in [0.05, 0.1) is 12.2 Å². The summed E-state index contributed by atoms with van der Waals surface area (Å²) in [5.41, 5.74) is 4.80. The van der Waals surface area contributed by atoms with Gasteiger partial charge in [0.2, 0.25) is 0 Å². The average molecular weight is 428 g/mol. The molecule has 2 aromatic carbocycles. The van der Waals surface area contributed by atoms with Gasteiger partial charge in [-0.05, 0) is 63.1 Å². The lowest BCUT2D eigenvalue weighted by atomic mass is 10.0. The molecule has 0 fully saturated rings. The van der Waals surface area contributed by atoms with E-state index >= 15 is 0 Å². The fraction of sp³-hybridized carbons (Fsp3) is 0.192. The molecule has 162 valence electrons. The zero-order valence-electron chi connectivity index (χ0n) is 18.5. The van der Waals surface area contributed by atoms with Gasteiger partial charge >= 0.3 is 5.97 Å². The van der Waals surface area contributed by atoms with Crippen molar-refractivity contribution in [3.8, 4) is 17.4 Å². The van der Waals surface area contributed by atoms with Gasteiger partial charge in [-0.2, -0.15) is 5.26 Å². The highest BCUT2D eigenvalue weighted by Gasteiger charge is 2.14. The van der Waals surface area contributed by atoms with Crippen molar-refractivity contribution in [2.45, 2.75) is 27.7 Å². The third-order valence-electron chi connectivity index (χ3n) is 4.87. The van der Waals surface area contributed by atoms with E-state index < -0.39 is 5.91 Å². The van der Waals surface area contributed by atoms with Crippen molar-refractivity contribution in [2.24, 2.45) is 0 Å². The largest absolute Gasteiger partial charge is 0.462 e. The number of rotatable bonds is 6. The van der Waals surface area contributed by atoms with Crippen LogP contribution in [0.1, 0.15) is 39.7 Å². The minimum absolute atomic E-state index is 0.0667. The molecule has 6 nitrogen and oxygen atoms in total. The second kappa shape index (κ2) is 9.80. The monoisotopic (exact) mass is 428 g/mol. The van der Waals surface area contributed by atoms with Crippen LogP contribution in [0, 0.1) is 32.1 Å².